The van der Waals surface area contributed by atoms with E-state index in [4.69, 9.17) is 11.6 Å². The van der Waals surface area contributed by atoms with Gasteiger partial charge >= 0.3 is 0 Å². The van der Waals surface area contributed by atoms with Crippen molar-refractivity contribution in [3.8, 4) is 11.1 Å². The smallest absolute Gasteiger partial charge is 0.264 e. The van der Waals surface area contributed by atoms with E-state index >= 15 is 0 Å². The molecule has 2 heterocycles. The van der Waals surface area contributed by atoms with Gasteiger partial charge in [0.15, 0.2) is 0 Å². The Morgan fingerprint density at radius 3 is 2.55 bits per heavy atom. The highest BCUT2D eigenvalue weighted by molar-refractivity contribution is 7.92. The second-order valence-electron chi connectivity index (χ2n) is 7.47. The van der Waals surface area contributed by atoms with Crippen LogP contribution in [0.5, 0.6) is 0 Å². The van der Waals surface area contributed by atoms with E-state index in [9.17, 15) is 26.4 Å². The fourth-order valence-corrected chi connectivity index (χ4v) is 4.40. The summed E-state index contributed by atoms with van der Waals surface area (Å²) in [5, 5.41) is 2.40. The maximum atomic E-state index is 14.1. The molecule has 1 saturated carbocycles. The minimum Gasteiger partial charge on any atom is -0.310 e. The molecule has 1 atom stereocenters. The van der Waals surface area contributed by atoms with Gasteiger partial charge in [-0.15, -0.1) is 0 Å². The molecule has 12 heteroatoms. The number of nitrogens with zero attached hydrogens (tertiary/aromatic N) is 2. The number of sulfonamides is 1. The van der Waals surface area contributed by atoms with Crippen molar-refractivity contribution in [2.45, 2.75) is 24.2 Å². The van der Waals surface area contributed by atoms with Gasteiger partial charge in [0.1, 0.15) is 22.4 Å². The summed E-state index contributed by atoms with van der Waals surface area (Å²) in [6.07, 6.45) is 2.33. The lowest BCUT2D eigenvalue weighted by Gasteiger charge is -2.13. The Labute approximate surface area is 192 Å². The van der Waals surface area contributed by atoms with Gasteiger partial charge in [0.2, 0.25) is 5.91 Å². The first-order chi connectivity index (χ1) is 15.5. The minimum absolute atomic E-state index is 0.0530. The summed E-state index contributed by atoms with van der Waals surface area (Å²) in [5.74, 6) is -6.15. The van der Waals surface area contributed by atoms with Gasteiger partial charge in [-0.3, -0.25) is 14.5 Å². The second kappa shape index (κ2) is 8.31. The number of aromatic nitrogens is 2. The Bertz CT molecular complexity index is 1370. The number of carbonyl (C=O) groups is 1. The van der Waals surface area contributed by atoms with E-state index in [1.54, 1.807) is 13.0 Å². The molecule has 2 aromatic heterocycles. The van der Waals surface area contributed by atoms with Crippen LogP contribution in [0, 0.1) is 18.7 Å². The van der Waals surface area contributed by atoms with Crippen LogP contribution in [0.25, 0.3) is 11.1 Å². The van der Waals surface area contributed by atoms with Crippen molar-refractivity contribution < 1.29 is 26.4 Å². The molecular weight excluding hydrogens is 481 g/mol. The number of amides is 1. The highest BCUT2D eigenvalue weighted by Crippen LogP contribution is 2.49. The normalized spacial score (nSPS) is 16.8. The van der Waals surface area contributed by atoms with Gasteiger partial charge in [0.25, 0.3) is 15.9 Å². The van der Waals surface area contributed by atoms with Crippen molar-refractivity contribution in [2.75, 3.05) is 10.0 Å². The number of halogens is 4. The summed E-state index contributed by atoms with van der Waals surface area (Å²) < 4.78 is 68.0. The fraction of sp³-hybridized carbons (Fsp3) is 0.190. The predicted molar refractivity (Wildman–Crippen MR) is 116 cm³/mol. The molecule has 4 rings (SSSR count). The molecule has 33 heavy (non-hydrogen) atoms. The Morgan fingerprint density at radius 1 is 1.15 bits per heavy atom. The quantitative estimate of drug-likeness (QED) is 0.518. The van der Waals surface area contributed by atoms with Crippen LogP contribution in [-0.2, 0) is 14.8 Å². The molecule has 0 spiro atoms. The first-order valence-corrected chi connectivity index (χ1v) is 11.4. The van der Waals surface area contributed by atoms with Gasteiger partial charge < -0.3 is 5.32 Å². The summed E-state index contributed by atoms with van der Waals surface area (Å²) in [6, 6.07) is 7.69. The Hall–Kier alpha value is -3.18. The van der Waals surface area contributed by atoms with Crippen LogP contribution in [0.4, 0.5) is 24.7 Å². The third-order valence-electron chi connectivity index (χ3n) is 5.00. The number of hydrogen-bond donors (Lipinski definition) is 2. The van der Waals surface area contributed by atoms with Crippen molar-refractivity contribution in [3.63, 3.8) is 0 Å². The van der Waals surface area contributed by atoms with Gasteiger partial charge in [0.05, 0.1) is 11.4 Å². The van der Waals surface area contributed by atoms with Crippen LogP contribution in [0.3, 0.4) is 0 Å². The number of hydrogen-bond acceptors (Lipinski definition) is 5. The summed E-state index contributed by atoms with van der Waals surface area (Å²) in [5.41, 5.74) is 1.37. The number of aryl methyl sites for hydroxylation is 1. The molecule has 3 aromatic rings. The molecule has 0 saturated heterocycles. The Kier molecular flexibility index (Phi) is 5.79. The molecule has 2 N–H and O–H groups in total. The molecule has 7 nitrogen and oxygen atoms in total. The molecule has 1 amide bonds. The van der Waals surface area contributed by atoms with Crippen LogP contribution in [0.15, 0.2) is 53.7 Å². The monoisotopic (exact) mass is 496 g/mol. The number of pyridine rings is 2. The average Bonchev–Trinajstić information content (AvgIpc) is 3.38. The fourth-order valence-electron chi connectivity index (χ4n) is 3.08. The molecule has 1 aliphatic carbocycles. The zero-order chi connectivity index (χ0) is 24.0. The van der Waals surface area contributed by atoms with Gasteiger partial charge in [-0.25, -0.2) is 26.6 Å². The van der Waals surface area contributed by atoms with Gasteiger partial charge in [-0.1, -0.05) is 11.6 Å². The number of carbonyl (C=O) groups excluding carboxylic acids is 1. The molecule has 172 valence electrons. The lowest BCUT2D eigenvalue weighted by atomic mass is 10.1. The van der Waals surface area contributed by atoms with Crippen LogP contribution in [0.1, 0.15) is 12.1 Å². The number of alkyl halides is 2. The standard InChI is InChI=1S/C21H16ClF3N4O3S/c1-11-17(29-33(31,32)18-3-2-14(22)8-16(18)23)6-13(10-27-11)12-4-5-26-19(7-12)28-20(30)15-9-21(15,24)25/h2-8,10,15,29H,9H2,1H3,(H,26,28,30). The number of anilines is 2. The van der Waals surface area contributed by atoms with E-state index in [1.807, 2.05) is 0 Å². The third-order valence-corrected chi connectivity index (χ3v) is 6.64. The van der Waals surface area contributed by atoms with Crippen molar-refractivity contribution in [1.82, 2.24) is 9.97 Å². The van der Waals surface area contributed by atoms with Gasteiger partial charge in [-0.2, -0.15) is 0 Å². The molecule has 1 aliphatic rings. The molecule has 0 aliphatic heterocycles. The Balaban J connectivity index is 1.59. The molecule has 1 fully saturated rings. The molecular formula is C21H16ClF3N4O3S. The van der Waals surface area contributed by atoms with Crippen molar-refractivity contribution >= 4 is 39.0 Å². The zero-order valence-electron chi connectivity index (χ0n) is 16.9. The van der Waals surface area contributed by atoms with Crippen LogP contribution >= 0.6 is 11.6 Å². The van der Waals surface area contributed by atoms with Crippen molar-refractivity contribution in [1.29, 1.82) is 0 Å². The zero-order valence-corrected chi connectivity index (χ0v) is 18.5. The summed E-state index contributed by atoms with van der Waals surface area (Å²) >= 11 is 5.69. The summed E-state index contributed by atoms with van der Waals surface area (Å²) in [7, 11) is -4.28. The molecule has 0 radical (unpaired) electrons. The third kappa shape index (κ3) is 4.93. The van der Waals surface area contributed by atoms with Gasteiger partial charge in [-0.05, 0) is 48.9 Å². The molecule has 1 unspecified atom stereocenters. The first kappa shape index (κ1) is 23.0. The maximum absolute atomic E-state index is 14.1. The van der Waals surface area contributed by atoms with Gasteiger partial charge in [0, 0.05) is 29.4 Å². The SMILES string of the molecule is Cc1ncc(-c2ccnc(NC(=O)C3CC3(F)F)c2)cc1NS(=O)(=O)c1ccc(Cl)cc1F. The topological polar surface area (TPSA) is 101 Å². The van der Waals surface area contributed by atoms with Crippen LogP contribution < -0.4 is 10.0 Å². The average molecular weight is 497 g/mol. The molecule has 0 bridgehead atoms. The second-order valence-corrected chi connectivity index (χ2v) is 9.56. The lowest BCUT2D eigenvalue weighted by Crippen LogP contribution is -2.18. The lowest BCUT2D eigenvalue weighted by molar-refractivity contribution is -0.119. The van der Waals surface area contributed by atoms with Crippen LogP contribution in [0.2, 0.25) is 5.02 Å². The van der Waals surface area contributed by atoms with E-state index in [0.29, 0.717) is 16.8 Å². The minimum atomic E-state index is -4.28. The van der Waals surface area contributed by atoms with E-state index in [2.05, 4.69) is 20.0 Å². The van der Waals surface area contributed by atoms with Crippen LogP contribution in [-0.4, -0.2) is 30.2 Å². The highest BCUT2D eigenvalue weighted by Gasteiger charge is 2.61. The summed E-state index contributed by atoms with van der Waals surface area (Å²) in [4.78, 5) is 19.5. The van der Waals surface area contributed by atoms with Crippen molar-refractivity contribution in [3.05, 3.63) is 65.3 Å². The summed E-state index contributed by atoms with van der Waals surface area (Å²) in [6.45, 7) is 1.56. The van der Waals surface area contributed by atoms with E-state index < -0.39 is 44.9 Å². The maximum Gasteiger partial charge on any atom is 0.264 e. The molecule has 1 aromatic carbocycles. The number of rotatable bonds is 6. The largest absolute Gasteiger partial charge is 0.310 e. The number of nitrogens with one attached hydrogen (secondary N) is 2. The highest BCUT2D eigenvalue weighted by atomic mass is 35.5. The number of benzene rings is 1. The first-order valence-electron chi connectivity index (χ1n) is 9.56. The Morgan fingerprint density at radius 2 is 1.88 bits per heavy atom. The predicted octanol–water partition coefficient (Wildman–Crippen LogP) is 4.64. The van der Waals surface area contributed by atoms with E-state index in [-0.39, 0.29) is 16.5 Å². The van der Waals surface area contributed by atoms with E-state index in [0.717, 1.165) is 12.1 Å². The van der Waals surface area contributed by atoms with Crippen molar-refractivity contribution in [2.24, 2.45) is 5.92 Å². The van der Waals surface area contributed by atoms with E-state index in [1.165, 1.54) is 30.6 Å².